The zero-order valence-corrected chi connectivity index (χ0v) is 13.8. The molecule has 124 valence electrons. The van der Waals surface area contributed by atoms with Gasteiger partial charge in [-0.2, -0.15) is 0 Å². The largest absolute Gasteiger partial charge is 0.391 e. The second-order valence-electron chi connectivity index (χ2n) is 6.74. The Morgan fingerprint density at radius 2 is 1.96 bits per heavy atom. The van der Waals surface area contributed by atoms with Crippen LogP contribution in [0.25, 0.3) is 0 Å². The number of aryl methyl sites for hydroxylation is 2. The number of piperidine rings is 1. The quantitative estimate of drug-likeness (QED) is 0.902. The Morgan fingerprint density at radius 3 is 2.61 bits per heavy atom. The summed E-state index contributed by atoms with van der Waals surface area (Å²) in [5.41, 5.74) is 3.21. The van der Waals surface area contributed by atoms with Crippen LogP contribution >= 0.6 is 0 Å². The summed E-state index contributed by atoms with van der Waals surface area (Å²) in [7, 11) is 0. The molecule has 2 heterocycles. The summed E-state index contributed by atoms with van der Waals surface area (Å²) < 4.78 is 0. The first kappa shape index (κ1) is 16.0. The molecule has 2 aliphatic heterocycles. The maximum absolute atomic E-state index is 12.6. The molecule has 0 spiro atoms. The zero-order chi connectivity index (χ0) is 16.6. The number of likely N-dealkylation sites (tertiary alicyclic amines) is 1. The van der Waals surface area contributed by atoms with Gasteiger partial charge in [0.15, 0.2) is 0 Å². The second kappa shape index (κ2) is 6.32. The van der Waals surface area contributed by atoms with Gasteiger partial charge in [-0.1, -0.05) is 6.07 Å². The topological polar surface area (TPSA) is 60.9 Å². The second-order valence-corrected chi connectivity index (χ2v) is 6.74. The maximum atomic E-state index is 12.6. The van der Waals surface area contributed by atoms with Gasteiger partial charge in [0, 0.05) is 31.7 Å². The molecule has 5 nitrogen and oxygen atoms in total. The number of carbonyl (C=O) groups is 2. The number of aliphatic hydroxyl groups is 1. The number of hydrogen-bond acceptors (Lipinski definition) is 3. The van der Waals surface area contributed by atoms with Gasteiger partial charge in [-0.25, -0.2) is 0 Å². The Kier molecular flexibility index (Phi) is 4.39. The van der Waals surface area contributed by atoms with Gasteiger partial charge in [-0.05, 0) is 49.9 Å². The first-order valence-electron chi connectivity index (χ1n) is 8.30. The van der Waals surface area contributed by atoms with Crippen molar-refractivity contribution in [3.8, 4) is 0 Å². The van der Waals surface area contributed by atoms with Crippen LogP contribution < -0.4 is 4.90 Å². The number of nitrogens with zero attached hydrogens (tertiary/aromatic N) is 2. The van der Waals surface area contributed by atoms with Crippen LogP contribution in [-0.4, -0.2) is 47.6 Å². The van der Waals surface area contributed by atoms with Gasteiger partial charge in [0.25, 0.3) is 0 Å². The fourth-order valence-electron chi connectivity index (χ4n) is 3.39. The summed E-state index contributed by atoms with van der Waals surface area (Å²) in [4.78, 5) is 28.4. The SMILES string of the molecule is Cc1ccc(N2CC(C(=O)N3CC[C@@H](O)C3)CCC2=O)cc1C. The monoisotopic (exact) mass is 316 g/mol. The number of aliphatic hydroxyl groups excluding tert-OH is 1. The van der Waals surface area contributed by atoms with Crippen LogP contribution in [-0.2, 0) is 9.59 Å². The van der Waals surface area contributed by atoms with Crippen LogP contribution in [0, 0.1) is 19.8 Å². The molecular weight excluding hydrogens is 292 g/mol. The molecule has 1 N–H and O–H groups in total. The van der Waals surface area contributed by atoms with Crippen LogP contribution in [0.4, 0.5) is 5.69 Å². The molecule has 3 rings (SSSR count). The zero-order valence-electron chi connectivity index (χ0n) is 13.8. The molecule has 2 fully saturated rings. The van der Waals surface area contributed by atoms with Gasteiger partial charge in [0.2, 0.25) is 11.8 Å². The molecule has 1 aromatic carbocycles. The third kappa shape index (κ3) is 3.24. The minimum atomic E-state index is -0.403. The summed E-state index contributed by atoms with van der Waals surface area (Å²) in [5, 5.41) is 9.62. The van der Waals surface area contributed by atoms with Crippen LogP contribution in [0.2, 0.25) is 0 Å². The van der Waals surface area contributed by atoms with Crippen molar-refractivity contribution in [3.05, 3.63) is 29.3 Å². The average Bonchev–Trinajstić information content (AvgIpc) is 2.96. The standard InChI is InChI=1S/C18H24N2O3/c1-12-3-5-15(9-13(12)2)20-10-14(4-6-17(20)22)18(23)19-8-7-16(21)11-19/h3,5,9,14,16,21H,4,6-8,10-11H2,1-2H3/t14?,16-/m1/s1. The lowest BCUT2D eigenvalue weighted by Crippen LogP contribution is -2.47. The van der Waals surface area contributed by atoms with E-state index >= 15 is 0 Å². The summed E-state index contributed by atoms with van der Waals surface area (Å²) in [6, 6.07) is 5.98. The van der Waals surface area contributed by atoms with E-state index in [1.165, 1.54) is 5.56 Å². The molecule has 2 saturated heterocycles. The van der Waals surface area contributed by atoms with Crippen molar-refractivity contribution in [1.82, 2.24) is 4.90 Å². The van der Waals surface area contributed by atoms with Gasteiger partial charge < -0.3 is 14.9 Å². The first-order valence-corrected chi connectivity index (χ1v) is 8.30. The summed E-state index contributed by atoms with van der Waals surface area (Å²) in [5.74, 6) is -0.0127. The number of anilines is 1. The van der Waals surface area contributed by atoms with E-state index in [0.29, 0.717) is 38.9 Å². The third-order valence-electron chi connectivity index (χ3n) is 5.04. The normalized spacial score (nSPS) is 25.1. The van der Waals surface area contributed by atoms with E-state index < -0.39 is 6.10 Å². The van der Waals surface area contributed by atoms with Crippen LogP contribution in [0.5, 0.6) is 0 Å². The number of rotatable bonds is 2. The van der Waals surface area contributed by atoms with Gasteiger partial charge in [-0.15, -0.1) is 0 Å². The highest BCUT2D eigenvalue weighted by molar-refractivity contribution is 5.96. The Hall–Kier alpha value is -1.88. The minimum absolute atomic E-state index is 0.0721. The van der Waals surface area contributed by atoms with Crippen molar-refractivity contribution in [2.24, 2.45) is 5.92 Å². The molecule has 1 unspecified atom stereocenters. The molecule has 2 atom stereocenters. The lowest BCUT2D eigenvalue weighted by atomic mass is 9.95. The molecular formula is C18H24N2O3. The fourth-order valence-corrected chi connectivity index (χ4v) is 3.39. The predicted octanol–water partition coefficient (Wildman–Crippen LogP) is 1.64. The lowest BCUT2D eigenvalue weighted by Gasteiger charge is -2.34. The number of β-amino-alcohol motifs (C(OH)–C–C–N with tert-alkyl or cyclic N) is 1. The highest BCUT2D eigenvalue weighted by Gasteiger charge is 2.35. The molecule has 0 aliphatic carbocycles. The number of amides is 2. The molecule has 2 aliphatic rings. The van der Waals surface area contributed by atoms with E-state index in [9.17, 15) is 14.7 Å². The molecule has 5 heteroatoms. The van der Waals surface area contributed by atoms with Crippen molar-refractivity contribution in [2.75, 3.05) is 24.5 Å². The Bertz CT molecular complexity index is 629. The van der Waals surface area contributed by atoms with Crippen molar-refractivity contribution in [2.45, 2.75) is 39.2 Å². The summed E-state index contributed by atoms with van der Waals surface area (Å²) in [6.45, 7) is 5.55. The van der Waals surface area contributed by atoms with Crippen molar-refractivity contribution in [1.29, 1.82) is 0 Å². The van der Waals surface area contributed by atoms with Gasteiger partial charge in [0.1, 0.15) is 0 Å². The van der Waals surface area contributed by atoms with E-state index in [-0.39, 0.29) is 17.7 Å². The Morgan fingerprint density at radius 1 is 1.17 bits per heavy atom. The van der Waals surface area contributed by atoms with Crippen molar-refractivity contribution < 1.29 is 14.7 Å². The Balaban J connectivity index is 1.75. The lowest BCUT2D eigenvalue weighted by molar-refractivity contribution is -0.136. The molecule has 0 saturated carbocycles. The molecule has 1 aromatic rings. The van der Waals surface area contributed by atoms with Crippen molar-refractivity contribution >= 4 is 17.5 Å². The van der Waals surface area contributed by atoms with Crippen LogP contribution in [0.15, 0.2) is 18.2 Å². The van der Waals surface area contributed by atoms with E-state index in [4.69, 9.17) is 0 Å². The van der Waals surface area contributed by atoms with Gasteiger partial charge in [0.05, 0.1) is 12.0 Å². The average molecular weight is 316 g/mol. The predicted molar refractivity (Wildman–Crippen MR) is 88.2 cm³/mol. The molecule has 0 bridgehead atoms. The number of hydrogen-bond donors (Lipinski definition) is 1. The van der Waals surface area contributed by atoms with E-state index in [0.717, 1.165) is 11.3 Å². The van der Waals surface area contributed by atoms with E-state index in [1.54, 1.807) is 9.80 Å². The number of benzene rings is 1. The first-order chi connectivity index (χ1) is 11.0. The van der Waals surface area contributed by atoms with Gasteiger partial charge in [-0.3, -0.25) is 9.59 Å². The molecule has 23 heavy (non-hydrogen) atoms. The molecule has 0 aromatic heterocycles. The van der Waals surface area contributed by atoms with Gasteiger partial charge >= 0.3 is 0 Å². The van der Waals surface area contributed by atoms with Crippen LogP contribution in [0.1, 0.15) is 30.4 Å². The number of carbonyl (C=O) groups excluding carboxylic acids is 2. The summed E-state index contributed by atoms with van der Waals surface area (Å²) >= 11 is 0. The fraction of sp³-hybridized carbons (Fsp3) is 0.556. The maximum Gasteiger partial charge on any atom is 0.227 e. The highest BCUT2D eigenvalue weighted by Crippen LogP contribution is 2.27. The van der Waals surface area contributed by atoms with Crippen LogP contribution in [0.3, 0.4) is 0 Å². The molecule has 0 radical (unpaired) electrons. The smallest absolute Gasteiger partial charge is 0.227 e. The summed E-state index contributed by atoms with van der Waals surface area (Å²) in [6.07, 6.45) is 1.25. The highest BCUT2D eigenvalue weighted by atomic mass is 16.3. The van der Waals surface area contributed by atoms with E-state index in [1.807, 2.05) is 32.0 Å². The molecule has 2 amide bonds. The minimum Gasteiger partial charge on any atom is -0.391 e. The van der Waals surface area contributed by atoms with Crippen molar-refractivity contribution in [3.63, 3.8) is 0 Å². The third-order valence-corrected chi connectivity index (χ3v) is 5.04. The Labute approximate surface area is 136 Å². The van der Waals surface area contributed by atoms with E-state index in [2.05, 4.69) is 0 Å².